The van der Waals surface area contributed by atoms with Crippen molar-refractivity contribution in [3.05, 3.63) is 46.2 Å². The Balaban J connectivity index is 2.16. The van der Waals surface area contributed by atoms with Crippen molar-refractivity contribution in [3.8, 4) is 17.5 Å². The predicted molar refractivity (Wildman–Crippen MR) is 128 cm³/mol. The minimum Gasteiger partial charge on any atom is -0.505 e. The van der Waals surface area contributed by atoms with Gasteiger partial charge in [-0.25, -0.2) is 4.99 Å². The summed E-state index contributed by atoms with van der Waals surface area (Å²) in [6, 6.07) is 8.58. The van der Waals surface area contributed by atoms with Crippen molar-refractivity contribution in [1.29, 1.82) is 0 Å². The fraction of sp³-hybridized carbons (Fsp3) is 0.304. The number of phenolic OH excluding ortho intramolecular Hbond substituents is 1. The van der Waals surface area contributed by atoms with Gasteiger partial charge in [-0.3, -0.25) is 9.36 Å². The number of aromatic nitrogens is 1. The van der Waals surface area contributed by atoms with Gasteiger partial charge in [-0.1, -0.05) is 32.9 Å². The number of aromatic hydroxyl groups is 3. The largest absolute Gasteiger partial charge is 0.505 e. The Kier molecular flexibility index (Phi) is 6.23. The van der Waals surface area contributed by atoms with E-state index in [0.717, 1.165) is 10.6 Å². The molecule has 0 spiro atoms. The van der Waals surface area contributed by atoms with Crippen molar-refractivity contribution in [2.75, 3.05) is 19.4 Å². The van der Waals surface area contributed by atoms with Crippen LogP contribution in [0.2, 0.25) is 0 Å². The highest BCUT2D eigenvalue weighted by Crippen LogP contribution is 2.48. The Morgan fingerprint density at radius 2 is 1.78 bits per heavy atom. The zero-order chi connectivity index (χ0) is 23.8. The van der Waals surface area contributed by atoms with E-state index in [0.29, 0.717) is 0 Å². The number of nitrogens with one attached hydrogen (secondary N) is 1. The first kappa shape index (κ1) is 23.2. The molecule has 0 radical (unpaired) electrons. The molecule has 0 fully saturated rings. The van der Waals surface area contributed by atoms with E-state index in [2.05, 4.69) is 5.32 Å². The fourth-order valence-corrected chi connectivity index (χ4v) is 4.10. The molecule has 4 N–H and O–H groups in total. The van der Waals surface area contributed by atoms with Gasteiger partial charge in [0, 0.05) is 31.4 Å². The van der Waals surface area contributed by atoms with Crippen LogP contribution in [0, 0.1) is 5.41 Å². The molecular weight excluding hydrogens is 428 g/mol. The SMILES string of the molecule is CN(C)C(=O)c1cccc(Nc2c(N=C(c3cccs3)C(C)(C)C)c(O)n(C)c2O)c1O. The summed E-state index contributed by atoms with van der Waals surface area (Å²) in [6.07, 6.45) is 0. The van der Waals surface area contributed by atoms with Gasteiger partial charge < -0.3 is 25.5 Å². The maximum atomic E-state index is 12.4. The third-order valence-electron chi connectivity index (χ3n) is 4.93. The van der Waals surface area contributed by atoms with Gasteiger partial charge in [0.2, 0.25) is 11.8 Å². The van der Waals surface area contributed by atoms with Gasteiger partial charge in [0.05, 0.1) is 17.0 Å². The van der Waals surface area contributed by atoms with Crippen molar-refractivity contribution in [2.24, 2.45) is 17.5 Å². The molecule has 8 nitrogen and oxygen atoms in total. The molecule has 0 unspecified atom stereocenters. The summed E-state index contributed by atoms with van der Waals surface area (Å²) in [5, 5.41) is 37.0. The first-order valence-corrected chi connectivity index (χ1v) is 10.9. The Labute approximate surface area is 191 Å². The number of hydrogen-bond donors (Lipinski definition) is 4. The first-order valence-electron chi connectivity index (χ1n) is 9.97. The van der Waals surface area contributed by atoms with E-state index in [1.165, 1.54) is 33.9 Å². The third kappa shape index (κ3) is 4.29. The molecule has 3 aromatic rings. The summed E-state index contributed by atoms with van der Waals surface area (Å²) < 4.78 is 1.20. The van der Waals surface area contributed by atoms with Gasteiger partial charge in [-0.05, 0) is 23.6 Å². The normalized spacial score (nSPS) is 12.1. The zero-order valence-electron chi connectivity index (χ0n) is 19.0. The number of carbonyl (C=O) groups excluding carboxylic acids is 1. The lowest BCUT2D eigenvalue weighted by Gasteiger charge is -2.21. The third-order valence-corrected chi connectivity index (χ3v) is 5.81. The molecule has 0 aliphatic heterocycles. The number of para-hydroxylation sites is 1. The van der Waals surface area contributed by atoms with Gasteiger partial charge in [0.25, 0.3) is 5.91 Å². The smallest absolute Gasteiger partial charge is 0.257 e. The monoisotopic (exact) mass is 456 g/mol. The van der Waals surface area contributed by atoms with Crippen LogP contribution in [-0.2, 0) is 7.05 Å². The molecule has 0 aliphatic carbocycles. The summed E-state index contributed by atoms with van der Waals surface area (Å²) in [6.45, 7) is 6.04. The predicted octanol–water partition coefficient (Wildman–Crippen LogP) is 4.82. The summed E-state index contributed by atoms with van der Waals surface area (Å²) in [5.74, 6) is -1.12. The average molecular weight is 457 g/mol. The second-order valence-electron chi connectivity index (χ2n) is 8.64. The summed E-state index contributed by atoms with van der Waals surface area (Å²) >= 11 is 1.53. The van der Waals surface area contributed by atoms with Crippen LogP contribution in [0.15, 0.2) is 40.7 Å². The standard InChI is InChI=1S/C23H28N4O4S/c1-23(2,3)19(15-11-8-12-32-15)25-17-16(21(30)27(6)22(17)31)24-14-10-7-9-13(18(14)28)20(29)26(4)5/h7-12,24,28,30-31H,1-6H3. The van der Waals surface area contributed by atoms with Crippen LogP contribution < -0.4 is 5.32 Å². The molecule has 0 saturated heterocycles. The molecule has 0 aliphatic rings. The number of amides is 1. The average Bonchev–Trinajstić information content (AvgIpc) is 3.31. The second kappa shape index (κ2) is 8.58. The summed E-state index contributed by atoms with van der Waals surface area (Å²) in [4.78, 5) is 19.4. The molecule has 1 amide bonds. The van der Waals surface area contributed by atoms with Gasteiger partial charge in [0.1, 0.15) is 5.69 Å². The van der Waals surface area contributed by atoms with Gasteiger partial charge in [-0.2, -0.15) is 0 Å². The van der Waals surface area contributed by atoms with Gasteiger partial charge in [0.15, 0.2) is 11.4 Å². The van der Waals surface area contributed by atoms with Gasteiger partial charge in [-0.15, -0.1) is 11.3 Å². The Morgan fingerprint density at radius 3 is 2.34 bits per heavy atom. The number of benzene rings is 1. The molecule has 32 heavy (non-hydrogen) atoms. The molecule has 0 bridgehead atoms. The lowest BCUT2D eigenvalue weighted by atomic mass is 9.89. The molecular formula is C23H28N4O4S. The minimum absolute atomic E-state index is 0.110. The van der Waals surface area contributed by atoms with Crippen LogP contribution >= 0.6 is 11.3 Å². The lowest BCUT2D eigenvalue weighted by molar-refractivity contribution is 0.0824. The molecule has 1 aromatic carbocycles. The number of nitrogens with zero attached hydrogens (tertiary/aromatic N) is 3. The summed E-state index contributed by atoms with van der Waals surface area (Å²) in [5.41, 5.74) is 0.944. The molecule has 2 aromatic heterocycles. The van der Waals surface area contributed by atoms with Crippen molar-refractivity contribution >= 4 is 40.0 Å². The second-order valence-corrected chi connectivity index (χ2v) is 9.59. The number of anilines is 2. The highest BCUT2D eigenvalue weighted by atomic mass is 32.1. The van der Waals surface area contributed by atoms with E-state index in [4.69, 9.17) is 4.99 Å². The zero-order valence-corrected chi connectivity index (χ0v) is 19.8. The van der Waals surface area contributed by atoms with Crippen LogP contribution in [0.1, 0.15) is 36.0 Å². The number of carbonyl (C=O) groups is 1. The Morgan fingerprint density at radius 1 is 1.09 bits per heavy atom. The molecule has 9 heteroatoms. The van der Waals surface area contributed by atoms with Crippen LogP contribution in [0.3, 0.4) is 0 Å². The first-order chi connectivity index (χ1) is 14.9. The van der Waals surface area contributed by atoms with Crippen molar-refractivity contribution in [2.45, 2.75) is 20.8 Å². The van der Waals surface area contributed by atoms with Crippen molar-refractivity contribution in [3.63, 3.8) is 0 Å². The molecule has 0 atom stereocenters. The highest BCUT2D eigenvalue weighted by molar-refractivity contribution is 7.12. The maximum absolute atomic E-state index is 12.4. The van der Waals surface area contributed by atoms with Crippen molar-refractivity contribution in [1.82, 2.24) is 9.47 Å². The van der Waals surface area contributed by atoms with E-state index < -0.39 is 0 Å². The number of phenols is 1. The quantitative estimate of drug-likeness (QED) is 0.325. The lowest BCUT2D eigenvalue weighted by Crippen LogP contribution is -2.21. The van der Waals surface area contributed by atoms with E-state index in [1.807, 2.05) is 38.3 Å². The molecule has 2 heterocycles. The Hall–Kier alpha value is -3.46. The van der Waals surface area contributed by atoms with Gasteiger partial charge >= 0.3 is 0 Å². The maximum Gasteiger partial charge on any atom is 0.257 e. The van der Waals surface area contributed by atoms with Crippen molar-refractivity contribution < 1.29 is 20.1 Å². The number of rotatable bonds is 5. The molecule has 0 saturated carbocycles. The minimum atomic E-state index is -0.364. The Bertz CT molecular complexity index is 1170. The van der Waals surface area contributed by atoms with E-state index in [9.17, 15) is 20.1 Å². The number of hydrogen-bond acceptors (Lipinski definition) is 7. The summed E-state index contributed by atoms with van der Waals surface area (Å²) in [7, 11) is 4.69. The van der Waals surface area contributed by atoms with Crippen LogP contribution in [0.25, 0.3) is 0 Å². The van der Waals surface area contributed by atoms with E-state index in [-0.39, 0.29) is 51.5 Å². The molecule has 170 valence electrons. The highest BCUT2D eigenvalue weighted by Gasteiger charge is 2.27. The topological polar surface area (TPSA) is 110 Å². The van der Waals surface area contributed by atoms with Crippen LogP contribution in [-0.4, -0.2) is 50.5 Å². The van der Waals surface area contributed by atoms with E-state index >= 15 is 0 Å². The number of thiophene rings is 1. The fourth-order valence-electron chi connectivity index (χ4n) is 3.18. The number of aliphatic imine (C=N–C) groups is 1. The van der Waals surface area contributed by atoms with E-state index in [1.54, 1.807) is 26.2 Å². The molecule has 3 rings (SSSR count). The van der Waals surface area contributed by atoms with Crippen LogP contribution in [0.4, 0.5) is 17.1 Å². The van der Waals surface area contributed by atoms with Crippen LogP contribution in [0.5, 0.6) is 17.5 Å².